The van der Waals surface area contributed by atoms with Gasteiger partial charge in [0.1, 0.15) is 4.90 Å². The maximum atomic E-state index is 12.5. The lowest BCUT2D eigenvalue weighted by atomic mass is 10.2. The fourth-order valence-electron chi connectivity index (χ4n) is 2.12. The van der Waals surface area contributed by atoms with E-state index < -0.39 is 10.1 Å². The maximum Gasteiger partial charge on any atom is 0.339 e. The highest BCUT2D eigenvalue weighted by Crippen LogP contribution is 2.26. The van der Waals surface area contributed by atoms with Crippen LogP contribution in [0.3, 0.4) is 0 Å². The van der Waals surface area contributed by atoms with Crippen LogP contribution in [0.25, 0.3) is 0 Å². The largest absolute Gasteiger partial charge is 0.378 e. The Kier molecular flexibility index (Phi) is 5.76. The molecule has 0 aromatic heterocycles. The summed E-state index contributed by atoms with van der Waals surface area (Å²) in [6.07, 6.45) is 1.56. The van der Waals surface area contributed by atoms with Crippen LogP contribution in [-0.4, -0.2) is 14.6 Å². The molecule has 0 atom stereocenters. The summed E-state index contributed by atoms with van der Waals surface area (Å²) >= 11 is 9.18. The van der Waals surface area contributed by atoms with Crippen molar-refractivity contribution >= 4 is 49.6 Å². The number of aliphatic imine (C=N–C) groups is 1. The zero-order chi connectivity index (χ0) is 18.6. The zero-order valence-electron chi connectivity index (χ0n) is 13.3. The average Bonchev–Trinajstić information content (AvgIpc) is 2.63. The summed E-state index contributed by atoms with van der Waals surface area (Å²) in [7, 11) is -3.98. The number of hydrogen-bond acceptors (Lipinski definition) is 4. The Morgan fingerprint density at radius 3 is 2.35 bits per heavy atom. The Bertz CT molecular complexity index is 1040. The Hall–Kier alpha value is -2.15. The first kappa shape index (κ1) is 18.6. The summed E-state index contributed by atoms with van der Waals surface area (Å²) in [5.74, 6) is 0.183. The van der Waals surface area contributed by atoms with Crippen molar-refractivity contribution in [1.29, 1.82) is 0 Å². The van der Waals surface area contributed by atoms with Gasteiger partial charge < -0.3 is 4.18 Å². The van der Waals surface area contributed by atoms with Gasteiger partial charge in [-0.05, 0) is 54.6 Å². The number of nitrogens with zero attached hydrogens (tertiary/aromatic N) is 1. The maximum absolute atomic E-state index is 12.5. The van der Waals surface area contributed by atoms with E-state index in [1.807, 2.05) is 30.3 Å². The van der Waals surface area contributed by atoms with Gasteiger partial charge in [0.15, 0.2) is 5.75 Å². The monoisotopic (exact) mass is 449 g/mol. The van der Waals surface area contributed by atoms with Gasteiger partial charge >= 0.3 is 10.1 Å². The number of hydrogen-bond donors (Lipinski definition) is 0. The van der Waals surface area contributed by atoms with Gasteiger partial charge in [0.2, 0.25) is 0 Å². The molecule has 0 aliphatic rings. The minimum absolute atomic E-state index is 0.0239. The van der Waals surface area contributed by atoms with Gasteiger partial charge in [0.25, 0.3) is 0 Å². The van der Waals surface area contributed by atoms with Crippen molar-refractivity contribution in [2.75, 3.05) is 0 Å². The Morgan fingerprint density at radius 1 is 0.962 bits per heavy atom. The van der Waals surface area contributed by atoms with E-state index in [4.69, 9.17) is 15.8 Å². The molecule has 0 fully saturated rings. The van der Waals surface area contributed by atoms with Crippen LogP contribution in [0, 0.1) is 0 Å². The topological polar surface area (TPSA) is 55.7 Å². The molecule has 132 valence electrons. The van der Waals surface area contributed by atoms with Crippen molar-refractivity contribution in [1.82, 2.24) is 0 Å². The first-order valence-corrected chi connectivity index (χ1v) is 10.1. The lowest BCUT2D eigenvalue weighted by molar-refractivity contribution is 0.485. The van der Waals surface area contributed by atoms with E-state index in [2.05, 4.69) is 20.9 Å². The third-order valence-corrected chi connectivity index (χ3v) is 5.38. The normalized spacial score (nSPS) is 11.6. The molecule has 0 bridgehead atoms. The highest BCUT2D eigenvalue weighted by Gasteiger charge is 2.18. The summed E-state index contributed by atoms with van der Waals surface area (Å²) in [6.45, 7) is 0. The van der Waals surface area contributed by atoms with Crippen molar-refractivity contribution in [2.45, 2.75) is 4.90 Å². The Labute approximate surface area is 165 Å². The molecule has 0 aliphatic carbocycles. The quantitative estimate of drug-likeness (QED) is 0.374. The molecule has 0 saturated carbocycles. The number of halogens is 2. The van der Waals surface area contributed by atoms with Crippen molar-refractivity contribution < 1.29 is 12.6 Å². The summed E-state index contributed by atoms with van der Waals surface area (Å²) in [4.78, 5) is 4.38. The van der Waals surface area contributed by atoms with Gasteiger partial charge in [-0.2, -0.15) is 8.42 Å². The van der Waals surface area contributed by atoms with Crippen molar-refractivity contribution in [3.63, 3.8) is 0 Å². The van der Waals surface area contributed by atoms with Crippen LogP contribution in [-0.2, 0) is 10.1 Å². The first-order chi connectivity index (χ1) is 12.4. The molecule has 0 spiro atoms. The van der Waals surface area contributed by atoms with E-state index in [0.29, 0.717) is 10.6 Å². The summed E-state index contributed by atoms with van der Waals surface area (Å²) in [5.41, 5.74) is 1.28. The summed E-state index contributed by atoms with van der Waals surface area (Å²) in [5, 5.41) is 0.447. The third kappa shape index (κ3) is 4.72. The lowest BCUT2D eigenvalue weighted by Gasteiger charge is -2.10. The van der Waals surface area contributed by atoms with Gasteiger partial charge in [0, 0.05) is 21.3 Å². The first-order valence-electron chi connectivity index (χ1n) is 7.53. The fourth-order valence-corrected chi connectivity index (χ4v) is 3.58. The van der Waals surface area contributed by atoms with Gasteiger partial charge in [-0.1, -0.05) is 45.7 Å². The molecular formula is C19H13BrClNO3S. The van der Waals surface area contributed by atoms with E-state index in [1.165, 1.54) is 24.3 Å². The average molecular weight is 451 g/mol. The standard InChI is InChI=1S/C19H13BrClNO3S/c20-15-6-11-19(14(12-15)13-22-17-4-2-1-3-5-17)25-26(23,24)18-9-7-16(21)8-10-18/h1-13H. The molecule has 3 aromatic rings. The summed E-state index contributed by atoms with van der Waals surface area (Å²) < 4.78 is 31.1. The highest BCUT2D eigenvalue weighted by molar-refractivity contribution is 9.10. The zero-order valence-corrected chi connectivity index (χ0v) is 16.5. The number of rotatable bonds is 5. The van der Waals surface area contributed by atoms with Crippen LogP contribution in [0.1, 0.15) is 5.56 Å². The third-order valence-electron chi connectivity index (χ3n) is 3.38. The number of benzene rings is 3. The molecule has 0 aliphatic heterocycles. The molecule has 4 nitrogen and oxygen atoms in total. The Morgan fingerprint density at radius 2 is 1.65 bits per heavy atom. The predicted octanol–water partition coefficient (Wildman–Crippen LogP) is 5.62. The second-order valence-electron chi connectivity index (χ2n) is 5.27. The van der Waals surface area contributed by atoms with Crippen molar-refractivity contribution in [3.8, 4) is 5.75 Å². The second kappa shape index (κ2) is 8.03. The minimum Gasteiger partial charge on any atom is -0.378 e. The molecule has 0 amide bonds. The highest BCUT2D eigenvalue weighted by atomic mass is 79.9. The van der Waals surface area contributed by atoms with Crippen LogP contribution < -0.4 is 4.18 Å². The summed E-state index contributed by atoms with van der Waals surface area (Å²) in [6, 6.07) is 20.1. The predicted molar refractivity (Wildman–Crippen MR) is 107 cm³/mol. The second-order valence-corrected chi connectivity index (χ2v) is 8.17. The van der Waals surface area contributed by atoms with E-state index in [-0.39, 0.29) is 10.6 Å². The smallest absolute Gasteiger partial charge is 0.339 e. The molecule has 0 saturated heterocycles. The number of para-hydroxylation sites is 1. The molecule has 0 radical (unpaired) electrons. The van der Waals surface area contributed by atoms with E-state index >= 15 is 0 Å². The molecule has 7 heteroatoms. The molecule has 0 N–H and O–H groups in total. The van der Waals surface area contributed by atoms with Gasteiger partial charge in [0.05, 0.1) is 5.69 Å². The van der Waals surface area contributed by atoms with Crippen LogP contribution in [0.4, 0.5) is 5.69 Å². The Balaban J connectivity index is 1.93. The van der Waals surface area contributed by atoms with Crippen molar-refractivity contribution in [2.24, 2.45) is 4.99 Å². The SMILES string of the molecule is O=S(=O)(Oc1ccc(Br)cc1C=Nc1ccccc1)c1ccc(Cl)cc1. The van der Waals surface area contributed by atoms with Crippen LogP contribution in [0.2, 0.25) is 5.02 Å². The van der Waals surface area contributed by atoms with E-state index in [9.17, 15) is 8.42 Å². The molecule has 26 heavy (non-hydrogen) atoms. The van der Waals surface area contributed by atoms with Gasteiger partial charge in [-0.15, -0.1) is 0 Å². The molecule has 3 rings (SSSR count). The molecular weight excluding hydrogens is 438 g/mol. The van der Waals surface area contributed by atoms with Gasteiger partial charge in [-0.3, -0.25) is 4.99 Å². The molecule has 0 heterocycles. The van der Waals surface area contributed by atoms with Crippen molar-refractivity contribution in [3.05, 3.63) is 87.9 Å². The fraction of sp³-hybridized carbons (Fsp3) is 0. The van der Waals surface area contributed by atoms with Crippen LogP contribution in [0.15, 0.2) is 87.2 Å². The lowest BCUT2D eigenvalue weighted by Crippen LogP contribution is -2.10. The van der Waals surface area contributed by atoms with Gasteiger partial charge in [-0.25, -0.2) is 0 Å². The molecule has 0 unspecified atom stereocenters. The van der Waals surface area contributed by atoms with E-state index in [1.54, 1.807) is 24.4 Å². The van der Waals surface area contributed by atoms with Crippen LogP contribution >= 0.6 is 27.5 Å². The van der Waals surface area contributed by atoms with Crippen LogP contribution in [0.5, 0.6) is 5.75 Å². The minimum atomic E-state index is -3.98. The van der Waals surface area contributed by atoms with E-state index in [0.717, 1.165) is 10.2 Å². The molecule has 3 aromatic carbocycles.